The van der Waals surface area contributed by atoms with Gasteiger partial charge in [-0.05, 0) is 32.2 Å². The molecule has 0 aliphatic heterocycles. The van der Waals surface area contributed by atoms with E-state index in [4.69, 9.17) is 4.74 Å². The number of carboxylic acids is 1. The minimum absolute atomic E-state index is 0.562. The summed E-state index contributed by atoms with van der Waals surface area (Å²) >= 11 is 0. The fraction of sp³-hybridized carbons (Fsp3) is 0.933. The maximum absolute atomic E-state index is 11.5. The van der Waals surface area contributed by atoms with Crippen molar-refractivity contribution in [3.05, 3.63) is 0 Å². The van der Waals surface area contributed by atoms with Crippen LogP contribution < -0.4 is 5.32 Å². The van der Waals surface area contributed by atoms with Crippen LogP contribution in [0.15, 0.2) is 0 Å². The molecule has 0 aliphatic rings. The lowest BCUT2D eigenvalue weighted by atomic mass is 9.97. The van der Waals surface area contributed by atoms with Gasteiger partial charge in [0.15, 0.2) is 0 Å². The highest BCUT2D eigenvalue weighted by Crippen LogP contribution is 2.12. The second kappa shape index (κ2) is 10.1. The first kappa shape index (κ1) is 19.4. The third-order valence-electron chi connectivity index (χ3n) is 3.40. The van der Waals surface area contributed by atoms with Gasteiger partial charge in [-0.3, -0.25) is 4.79 Å². The van der Waals surface area contributed by atoms with E-state index in [1.54, 1.807) is 14.0 Å². The Balaban J connectivity index is 4.47. The minimum atomic E-state index is -0.849. The standard InChI is InChI=1S/C15H32N2O3/c1-6-8-16-15(4,14(18)19)7-9-17(10-11-20-5)12-13(2)3/h13,16H,6-12H2,1-5H3,(H,18,19). The van der Waals surface area contributed by atoms with Crippen LogP contribution in [0.1, 0.15) is 40.5 Å². The van der Waals surface area contributed by atoms with Crippen LogP contribution in [0.4, 0.5) is 0 Å². The van der Waals surface area contributed by atoms with E-state index in [1.165, 1.54) is 0 Å². The number of hydrogen-bond donors (Lipinski definition) is 2. The summed E-state index contributed by atoms with van der Waals surface area (Å²) in [6.07, 6.45) is 1.53. The summed E-state index contributed by atoms with van der Waals surface area (Å²) in [5.41, 5.74) is -0.849. The van der Waals surface area contributed by atoms with E-state index in [9.17, 15) is 9.90 Å². The number of aliphatic carboxylic acids is 1. The van der Waals surface area contributed by atoms with Crippen molar-refractivity contribution < 1.29 is 14.6 Å². The van der Waals surface area contributed by atoms with Crippen LogP contribution in [0.25, 0.3) is 0 Å². The van der Waals surface area contributed by atoms with Crippen LogP contribution in [0.3, 0.4) is 0 Å². The van der Waals surface area contributed by atoms with Crippen LogP contribution in [-0.4, -0.2) is 61.4 Å². The molecule has 5 nitrogen and oxygen atoms in total. The molecular weight excluding hydrogens is 256 g/mol. The van der Waals surface area contributed by atoms with E-state index in [2.05, 4.69) is 24.1 Å². The zero-order valence-electron chi connectivity index (χ0n) is 13.7. The molecule has 1 unspecified atom stereocenters. The van der Waals surface area contributed by atoms with E-state index in [0.717, 1.165) is 32.6 Å². The summed E-state index contributed by atoms with van der Waals surface area (Å²) in [5.74, 6) is -0.214. The molecule has 0 aromatic rings. The summed E-state index contributed by atoms with van der Waals surface area (Å²) < 4.78 is 5.12. The molecule has 1 atom stereocenters. The fourth-order valence-electron chi connectivity index (χ4n) is 2.08. The van der Waals surface area contributed by atoms with Crippen LogP contribution >= 0.6 is 0 Å². The van der Waals surface area contributed by atoms with E-state index >= 15 is 0 Å². The van der Waals surface area contributed by atoms with Crippen molar-refractivity contribution >= 4 is 5.97 Å². The summed E-state index contributed by atoms with van der Waals surface area (Å²) in [6.45, 7) is 12.1. The Hall–Kier alpha value is -0.650. The SMILES string of the molecule is CCCNC(C)(CCN(CCOC)CC(C)C)C(=O)O. The lowest BCUT2D eigenvalue weighted by molar-refractivity contribution is -0.144. The average molecular weight is 288 g/mol. The molecule has 0 aliphatic carbocycles. The predicted molar refractivity (Wildman–Crippen MR) is 82.1 cm³/mol. The van der Waals surface area contributed by atoms with E-state index in [0.29, 0.717) is 18.9 Å². The van der Waals surface area contributed by atoms with Crippen molar-refractivity contribution in [2.45, 2.75) is 46.1 Å². The van der Waals surface area contributed by atoms with Crippen molar-refractivity contribution in [1.82, 2.24) is 10.2 Å². The highest BCUT2D eigenvalue weighted by molar-refractivity contribution is 5.78. The Kier molecular flexibility index (Phi) is 9.80. The zero-order chi connectivity index (χ0) is 15.6. The van der Waals surface area contributed by atoms with Gasteiger partial charge >= 0.3 is 5.97 Å². The number of rotatable bonds is 12. The van der Waals surface area contributed by atoms with Crippen LogP contribution in [-0.2, 0) is 9.53 Å². The molecule has 0 bridgehead atoms. The quantitative estimate of drug-likeness (QED) is 0.573. The molecule has 0 aromatic heterocycles. The van der Waals surface area contributed by atoms with E-state index in [-0.39, 0.29) is 0 Å². The number of nitrogens with zero attached hydrogens (tertiary/aromatic N) is 1. The molecule has 0 saturated carbocycles. The number of carboxylic acid groups (broad SMARTS) is 1. The second-order valence-electron chi connectivity index (χ2n) is 6.00. The molecular formula is C15H32N2O3. The third kappa shape index (κ3) is 7.82. The summed E-state index contributed by atoms with van der Waals surface area (Å²) in [5, 5.41) is 12.6. The van der Waals surface area contributed by atoms with Gasteiger partial charge in [0.05, 0.1) is 6.61 Å². The fourth-order valence-corrected chi connectivity index (χ4v) is 2.08. The van der Waals surface area contributed by atoms with Crippen molar-refractivity contribution in [3.63, 3.8) is 0 Å². The van der Waals surface area contributed by atoms with Gasteiger partial charge in [-0.1, -0.05) is 20.8 Å². The molecule has 20 heavy (non-hydrogen) atoms. The van der Waals surface area contributed by atoms with Crippen LogP contribution in [0, 0.1) is 5.92 Å². The van der Waals surface area contributed by atoms with Crippen molar-refractivity contribution in [2.75, 3.05) is 39.9 Å². The summed E-state index contributed by atoms with van der Waals surface area (Å²) in [6, 6.07) is 0. The topological polar surface area (TPSA) is 61.8 Å². The Morgan fingerprint density at radius 3 is 2.50 bits per heavy atom. The molecule has 5 heteroatoms. The van der Waals surface area contributed by atoms with E-state index < -0.39 is 11.5 Å². The molecule has 0 aromatic carbocycles. The van der Waals surface area contributed by atoms with Gasteiger partial charge in [-0.25, -0.2) is 0 Å². The van der Waals surface area contributed by atoms with Gasteiger partial charge < -0.3 is 20.1 Å². The minimum Gasteiger partial charge on any atom is -0.480 e. The maximum atomic E-state index is 11.5. The molecule has 0 radical (unpaired) electrons. The van der Waals surface area contributed by atoms with Gasteiger partial charge in [0, 0.05) is 26.7 Å². The number of methoxy groups -OCH3 is 1. The van der Waals surface area contributed by atoms with Gasteiger partial charge in [-0.15, -0.1) is 0 Å². The normalized spacial score (nSPS) is 14.8. The molecule has 2 N–H and O–H groups in total. The summed E-state index contributed by atoms with van der Waals surface area (Å²) in [4.78, 5) is 13.8. The highest BCUT2D eigenvalue weighted by Gasteiger charge is 2.32. The predicted octanol–water partition coefficient (Wildman–Crippen LogP) is 1.82. The average Bonchev–Trinajstić information content (AvgIpc) is 2.38. The molecule has 0 heterocycles. The van der Waals surface area contributed by atoms with Gasteiger partial charge in [-0.2, -0.15) is 0 Å². The smallest absolute Gasteiger partial charge is 0.323 e. The number of hydrogen-bond acceptors (Lipinski definition) is 4. The van der Waals surface area contributed by atoms with Crippen molar-refractivity contribution in [1.29, 1.82) is 0 Å². The van der Waals surface area contributed by atoms with Gasteiger partial charge in [0.25, 0.3) is 0 Å². The first-order valence-corrected chi connectivity index (χ1v) is 7.55. The first-order valence-electron chi connectivity index (χ1n) is 7.55. The molecule has 0 saturated heterocycles. The van der Waals surface area contributed by atoms with E-state index in [1.807, 2.05) is 6.92 Å². The Morgan fingerprint density at radius 2 is 2.05 bits per heavy atom. The highest BCUT2D eigenvalue weighted by atomic mass is 16.5. The molecule has 0 rings (SSSR count). The summed E-state index contributed by atoms with van der Waals surface area (Å²) in [7, 11) is 1.69. The number of carbonyl (C=O) groups is 1. The Bertz CT molecular complexity index is 272. The molecule has 0 spiro atoms. The number of nitrogens with one attached hydrogen (secondary N) is 1. The van der Waals surface area contributed by atoms with Crippen molar-refractivity contribution in [2.24, 2.45) is 5.92 Å². The Morgan fingerprint density at radius 1 is 1.40 bits per heavy atom. The van der Waals surface area contributed by atoms with Crippen molar-refractivity contribution in [3.8, 4) is 0 Å². The Labute approximate surface area is 123 Å². The molecule has 0 amide bonds. The largest absolute Gasteiger partial charge is 0.480 e. The second-order valence-corrected chi connectivity index (χ2v) is 6.00. The number of ether oxygens (including phenoxy) is 1. The van der Waals surface area contributed by atoms with Gasteiger partial charge in [0.2, 0.25) is 0 Å². The zero-order valence-corrected chi connectivity index (χ0v) is 13.7. The molecule has 0 fully saturated rings. The molecule has 120 valence electrons. The lowest BCUT2D eigenvalue weighted by Gasteiger charge is -2.31. The third-order valence-corrected chi connectivity index (χ3v) is 3.40. The maximum Gasteiger partial charge on any atom is 0.323 e. The van der Waals surface area contributed by atoms with Crippen LogP contribution in [0.5, 0.6) is 0 Å². The van der Waals surface area contributed by atoms with Gasteiger partial charge in [0.1, 0.15) is 5.54 Å². The lowest BCUT2D eigenvalue weighted by Crippen LogP contribution is -2.52. The van der Waals surface area contributed by atoms with Crippen LogP contribution in [0.2, 0.25) is 0 Å². The monoisotopic (exact) mass is 288 g/mol. The first-order chi connectivity index (χ1) is 9.35.